The molecule has 0 aromatic carbocycles. The van der Waals surface area contributed by atoms with Gasteiger partial charge in [-0.25, -0.2) is 4.57 Å². The molecule has 0 unspecified atom stereocenters. The van der Waals surface area contributed by atoms with E-state index in [-0.39, 0.29) is 6.61 Å². The van der Waals surface area contributed by atoms with Crippen LogP contribution in [0.3, 0.4) is 0 Å². The highest BCUT2D eigenvalue weighted by Gasteiger charge is 2.12. The summed E-state index contributed by atoms with van der Waals surface area (Å²) >= 11 is 5.67. The van der Waals surface area contributed by atoms with Gasteiger partial charge < -0.3 is 9.79 Å². The largest absolute Gasteiger partial charge is 0.469 e. The zero-order valence-corrected chi connectivity index (χ0v) is 18.3. The Morgan fingerprint density at radius 1 is 0.538 bits per heavy atom. The first-order valence-electron chi connectivity index (χ1n) is 10.8. The van der Waals surface area contributed by atoms with E-state index >= 15 is 0 Å². The van der Waals surface area contributed by atoms with Crippen LogP contribution in [-0.4, -0.2) is 22.3 Å². The van der Waals surface area contributed by atoms with Gasteiger partial charge in [0, 0.05) is 5.88 Å². The fourth-order valence-corrected chi connectivity index (χ4v) is 3.76. The fraction of sp³-hybridized carbons (Fsp3) is 1.00. The average molecular weight is 413 g/mol. The second-order valence-corrected chi connectivity index (χ2v) is 8.99. The topological polar surface area (TPSA) is 66.8 Å². The third-order valence-corrected chi connectivity index (χ3v) is 5.57. The van der Waals surface area contributed by atoms with E-state index in [1.807, 2.05) is 0 Å². The lowest BCUT2D eigenvalue weighted by atomic mass is 10.0. The zero-order valence-electron chi connectivity index (χ0n) is 16.7. The summed E-state index contributed by atoms with van der Waals surface area (Å²) in [4.78, 5) is 17.1. The molecule has 0 heterocycles. The van der Waals surface area contributed by atoms with Gasteiger partial charge in [0.1, 0.15) is 0 Å². The van der Waals surface area contributed by atoms with Crippen molar-refractivity contribution in [2.45, 2.75) is 116 Å². The number of unbranched alkanes of at least 4 members (excludes halogenated alkanes) is 17. The van der Waals surface area contributed by atoms with Crippen molar-refractivity contribution < 1.29 is 18.9 Å². The minimum Gasteiger partial charge on any atom is -0.303 e. The molecule has 6 heteroatoms. The number of alkyl halides is 1. The van der Waals surface area contributed by atoms with Crippen LogP contribution in [0.4, 0.5) is 0 Å². The third kappa shape index (κ3) is 24.4. The van der Waals surface area contributed by atoms with Crippen LogP contribution in [0.15, 0.2) is 0 Å². The molecule has 0 aromatic heterocycles. The molecular weight excluding hydrogens is 371 g/mol. The molecule has 0 saturated heterocycles. The van der Waals surface area contributed by atoms with Crippen molar-refractivity contribution in [3.8, 4) is 0 Å². The predicted molar refractivity (Wildman–Crippen MR) is 112 cm³/mol. The first kappa shape index (κ1) is 26.4. The van der Waals surface area contributed by atoms with E-state index in [0.29, 0.717) is 0 Å². The van der Waals surface area contributed by atoms with E-state index in [4.69, 9.17) is 21.4 Å². The number of phosphoric ester groups is 1. The van der Waals surface area contributed by atoms with Gasteiger partial charge in [-0.2, -0.15) is 0 Å². The highest BCUT2D eigenvalue weighted by atomic mass is 35.5. The molecule has 0 rings (SSSR count). The van der Waals surface area contributed by atoms with Crippen molar-refractivity contribution in [3.05, 3.63) is 0 Å². The van der Waals surface area contributed by atoms with Crippen molar-refractivity contribution in [2.24, 2.45) is 0 Å². The molecule has 0 atom stereocenters. The molecule has 0 fully saturated rings. The molecule has 0 aliphatic carbocycles. The molecular formula is C20H42ClO4P. The molecule has 4 nitrogen and oxygen atoms in total. The van der Waals surface area contributed by atoms with Crippen LogP contribution in [0.25, 0.3) is 0 Å². The van der Waals surface area contributed by atoms with Crippen molar-refractivity contribution in [3.63, 3.8) is 0 Å². The Bertz CT molecular complexity index is 323. The molecule has 0 spiro atoms. The van der Waals surface area contributed by atoms with Gasteiger partial charge in [-0.1, -0.05) is 103 Å². The highest BCUT2D eigenvalue weighted by Crippen LogP contribution is 2.35. The molecule has 0 aromatic rings. The van der Waals surface area contributed by atoms with Crippen LogP contribution >= 0.6 is 19.4 Å². The lowest BCUT2D eigenvalue weighted by Gasteiger charge is -2.05. The minimum atomic E-state index is -4.26. The van der Waals surface area contributed by atoms with Gasteiger partial charge >= 0.3 is 7.82 Å². The zero-order chi connectivity index (χ0) is 19.3. The first-order valence-corrected chi connectivity index (χ1v) is 12.9. The van der Waals surface area contributed by atoms with E-state index in [1.165, 1.54) is 96.3 Å². The lowest BCUT2D eigenvalue weighted by molar-refractivity contribution is 0.193. The van der Waals surface area contributed by atoms with E-state index in [1.54, 1.807) is 0 Å². The fourth-order valence-electron chi connectivity index (χ4n) is 3.21. The van der Waals surface area contributed by atoms with Crippen LogP contribution in [0.2, 0.25) is 0 Å². The normalized spacial score (nSPS) is 12.0. The molecule has 0 amide bonds. The van der Waals surface area contributed by atoms with Gasteiger partial charge in [0.15, 0.2) is 0 Å². The van der Waals surface area contributed by atoms with Crippen LogP contribution in [0.1, 0.15) is 116 Å². The van der Waals surface area contributed by atoms with Gasteiger partial charge in [0.2, 0.25) is 0 Å². The molecule has 0 saturated carbocycles. The van der Waals surface area contributed by atoms with E-state index in [9.17, 15) is 4.57 Å². The maximum Gasteiger partial charge on any atom is 0.469 e. The number of halogens is 1. The monoisotopic (exact) mass is 412 g/mol. The first-order chi connectivity index (χ1) is 12.6. The molecule has 158 valence electrons. The van der Waals surface area contributed by atoms with E-state index in [2.05, 4.69) is 4.52 Å². The number of rotatable bonds is 21. The number of hydrogen-bond donors (Lipinski definition) is 2. The Morgan fingerprint density at radius 2 is 0.808 bits per heavy atom. The van der Waals surface area contributed by atoms with Crippen LogP contribution in [-0.2, 0) is 9.09 Å². The summed E-state index contributed by atoms with van der Waals surface area (Å²) in [6.07, 6.45) is 23.0. The summed E-state index contributed by atoms with van der Waals surface area (Å²) in [7, 11) is -4.26. The third-order valence-electron chi connectivity index (χ3n) is 4.79. The maximum absolute atomic E-state index is 10.5. The Morgan fingerprint density at radius 3 is 1.08 bits per heavy atom. The standard InChI is InChI=1S/C20H42ClO4P/c21-19-17-15-13-11-9-7-5-3-1-2-4-6-8-10-12-14-16-18-20-25-26(22,23)24/h1-20H2,(H2,22,23,24). The van der Waals surface area contributed by atoms with Crippen molar-refractivity contribution in [1.29, 1.82) is 0 Å². The van der Waals surface area contributed by atoms with Crippen molar-refractivity contribution in [1.82, 2.24) is 0 Å². The van der Waals surface area contributed by atoms with E-state index < -0.39 is 7.82 Å². The molecule has 2 N–H and O–H groups in total. The SMILES string of the molecule is O=P(O)(O)OCCCCCCCCCCCCCCCCCCCCCl. The predicted octanol–water partition coefficient (Wildman–Crippen LogP) is 7.36. The number of phosphoric acid groups is 1. The Kier molecular flexibility index (Phi) is 20.5. The smallest absolute Gasteiger partial charge is 0.303 e. The van der Waals surface area contributed by atoms with Crippen LogP contribution < -0.4 is 0 Å². The van der Waals surface area contributed by atoms with Gasteiger partial charge in [0.05, 0.1) is 6.61 Å². The summed E-state index contributed by atoms with van der Waals surface area (Å²) < 4.78 is 14.9. The van der Waals surface area contributed by atoms with Crippen molar-refractivity contribution >= 4 is 19.4 Å². The molecule has 0 aliphatic heterocycles. The Labute approximate surface area is 166 Å². The summed E-state index contributed by atoms with van der Waals surface area (Å²) in [6, 6.07) is 0. The summed E-state index contributed by atoms with van der Waals surface area (Å²) in [5.41, 5.74) is 0. The molecule has 0 aliphatic rings. The van der Waals surface area contributed by atoms with Gasteiger partial charge in [-0.15, -0.1) is 11.6 Å². The Balaban J connectivity index is 3.02. The summed E-state index contributed by atoms with van der Waals surface area (Å²) in [6.45, 7) is 0.165. The molecule has 26 heavy (non-hydrogen) atoms. The van der Waals surface area contributed by atoms with Crippen LogP contribution in [0.5, 0.6) is 0 Å². The van der Waals surface area contributed by atoms with Crippen molar-refractivity contribution in [2.75, 3.05) is 12.5 Å². The highest BCUT2D eigenvalue weighted by molar-refractivity contribution is 7.46. The van der Waals surface area contributed by atoms with E-state index in [0.717, 1.165) is 25.1 Å². The molecule has 0 bridgehead atoms. The second kappa shape index (κ2) is 20.1. The maximum atomic E-state index is 10.5. The summed E-state index contributed by atoms with van der Waals surface area (Å²) in [5, 5.41) is 0. The quantitative estimate of drug-likeness (QED) is 0.117. The van der Waals surface area contributed by atoms with Gasteiger partial charge in [0.25, 0.3) is 0 Å². The second-order valence-electron chi connectivity index (χ2n) is 7.38. The Hall–Kier alpha value is 0.400. The summed E-state index contributed by atoms with van der Waals surface area (Å²) in [5.74, 6) is 0.817. The van der Waals surface area contributed by atoms with Gasteiger partial charge in [-0.3, -0.25) is 4.52 Å². The number of hydrogen-bond acceptors (Lipinski definition) is 2. The van der Waals surface area contributed by atoms with Crippen LogP contribution in [0, 0.1) is 0 Å². The molecule has 0 radical (unpaired) electrons. The van der Waals surface area contributed by atoms with Gasteiger partial charge in [-0.05, 0) is 12.8 Å². The average Bonchev–Trinajstić information content (AvgIpc) is 2.59. The lowest BCUT2D eigenvalue weighted by Crippen LogP contribution is -1.92. The minimum absolute atomic E-state index is 0.165.